The maximum absolute atomic E-state index is 13.0. The normalized spacial score (nSPS) is 10.9. The summed E-state index contributed by atoms with van der Waals surface area (Å²) in [4.78, 5) is 25.3. The van der Waals surface area contributed by atoms with E-state index in [1.165, 1.54) is 11.8 Å². The minimum Gasteiger partial charge on any atom is -0.465 e. The van der Waals surface area contributed by atoms with E-state index in [4.69, 9.17) is 4.74 Å². The molecule has 0 amide bonds. The van der Waals surface area contributed by atoms with Gasteiger partial charge < -0.3 is 9.30 Å². The Kier molecular flexibility index (Phi) is 4.08. The zero-order valence-corrected chi connectivity index (χ0v) is 14.9. The summed E-state index contributed by atoms with van der Waals surface area (Å²) in [6.07, 6.45) is 3.34. The minimum absolute atomic E-state index is 0.238. The number of nitrogens with zero attached hydrogens (tertiary/aromatic N) is 3. The molecule has 0 bridgehead atoms. The smallest absolute Gasteiger partial charge is 0.341 e. The fourth-order valence-electron chi connectivity index (χ4n) is 2.98. The first-order chi connectivity index (χ1) is 13.1. The van der Waals surface area contributed by atoms with Crippen LogP contribution in [0.25, 0.3) is 22.6 Å². The molecule has 0 spiro atoms. The van der Waals surface area contributed by atoms with Crippen LogP contribution < -0.4 is 5.56 Å². The summed E-state index contributed by atoms with van der Waals surface area (Å²) in [6.45, 7) is 2.00. The predicted octanol–water partition coefficient (Wildman–Crippen LogP) is 3.22. The number of esters is 1. The highest BCUT2D eigenvalue weighted by Gasteiger charge is 2.25. The number of benzene rings is 2. The van der Waals surface area contributed by atoms with Crippen molar-refractivity contribution in [3.05, 3.63) is 88.5 Å². The first-order valence-corrected chi connectivity index (χ1v) is 8.44. The van der Waals surface area contributed by atoms with E-state index in [1.54, 1.807) is 29.1 Å². The first kappa shape index (κ1) is 16.8. The van der Waals surface area contributed by atoms with Gasteiger partial charge in [-0.25, -0.2) is 4.79 Å². The van der Waals surface area contributed by atoms with Crippen molar-refractivity contribution in [2.45, 2.75) is 6.92 Å². The summed E-state index contributed by atoms with van der Waals surface area (Å²) in [6, 6.07) is 16.9. The molecule has 0 saturated heterocycles. The van der Waals surface area contributed by atoms with Gasteiger partial charge in [0.2, 0.25) is 0 Å². The lowest BCUT2D eigenvalue weighted by Crippen LogP contribution is -2.15. The molecule has 2 aliphatic rings. The second kappa shape index (κ2) is 6.57. The average molecular weight is 359 g/mol. The number of carbonyl (C=O) groups is 1. The topological polar surface area (TPSA) is 66.1 Å². The van der Waals surface area contributed by atoms with E-state index >= 15 is 0 Å². The van der Waals surface area contributed by atoms with Gasteiger partial charge in [0.1, 0.15) is 11.3 Å². The molecule has 6 nitrogen and oxygen atoms in total. The van der Waals surface area contributed by atoms with E-state index in [-0.39, 0.29) is 11.1 Å². The third-order valence-electron chi connectivity index (χ3n) is 4.41. The largest absolute Gasteiger partial charge is 0.465 e. The lowest BCUT2D eigenvalue weighted by Gasteiger charge is -2.11. The molecule has 0 unspecified atom stereocenters. The molecule has 134 valence electrons. The third-order valence-corrected chi connectivity index (χ3v) is 4.41. The van der Waals surface area contributed by atoms with Gasteiger partial charge in [0.15, 0.2) is 0 Å². The molecule has 2 heterocycles. The van der Waals surface area contributed by atoms with Crippen molar-refractivity contribution in [1.82, 2.24) is 14.3 Å². The summed E-state index contributed by atoms with van der Waals surface area (Å²) in [5, 5.41) is 4.39. The summed E-state index contributed by atoms with van der Waals surface area (Å²) in [5.41, 5.74) is 3.21. The fraction of sp³-hybridized carbons (Fsp3) is 0.0952. The first-order valence-electron chi connectivity index (χ1n) is 8.44. The molecule has 2 aromatic rings. The van der Waals surface area contributed by atoms with Gasteiger partial charge in [-0.15, -0.1) is 0 Å². The second-order valence-electron chi connectivity index (χ2n) is 6.22. The molecule has 0 saturated carbocycles. The molecule has 6 heteroatoms. The predicted molar refractivity (Wildman–Crippen MR) is 102 cm³/mol. The van der Waals surface area contributed by atoms with E-state index in [1.807, 2.05) is 49.4 Å². The highest BCUT2D eigenvalue weighted by Crippen LogP contribution is 2.25. The molecule has 4 rings (SSSR count). The number of hydrogen-bond acceptors (Lipinski definition) is 4. The minimum atomic E-state index is -0.542. The van der Waals surface area contributed by atoms with Gasteiger partial charge in [0.05, 0.1) is 18.4 Å². The Bertz CT molecular complexity index is 1140. The van der Waals surface area contributed by atoms with Gasteiger partial charge in [-0.05, 0) is 31.2 Å². The Morgan fingerprint density at radius 2 is 1.67 bits per heavy atom. The monoisotopic (exact) mass is 359 g/mol. The number of para-hydroxylation sites is 1. The summed E-state index contributed by atoms with van der Waals surface area (Å²) in [7, 11) is 1.31. The molecular formula is C21H17N3O3. The fourth-order valence-corrected chi connectivity index (χ4v) is 2.98. The van der Waals surface area contributed by atoms with E-state index in [0.29, 0.717) is 16.9 Å². The summed E-state index contributed by atoms with van der Waals surface area (Å²) in [5.74, 6) is -0.542. The zero-order chi connectivity index (χ0) is 19.0. The molecule has 2 aliphatic heterocycles. The number of carbonyl (C=O) groups excluding carboxylic acids is 1. The Balaban J connectivity index is 1.99. The summed E-state index contributed by atoms with van der Waals surface area (Å²) >= 11 is 0. The number of ether oxygens (including phenoxy) is 1. The van der Waals surface area contributed by atoms with Crippen molar-refractivity contribution >= 4 is 5.97 Å². The van der Waals surface area contributed by atoms with E-state index in [2.05, 4.69) is 5.10 Å². The van der Waals surface area contributed by atoms with Crippen molar-refractivity contribution in [2.75, 3.05) is 7.11 Å². The van der Waals surface area contributed by atoms with Crippen LogP contribution in [0.4, 0.5) is 0 Å². The summed E-state index contributed by atoms with van der Waals surface area (Å²) < 4.78 is 7.95. The molecule has 0 aromatic heterocycles. The lowest BCUT2D eigenvalue weighted by molar-refractivity contribution is 0.0600. The van der Waals surface area contributed by atoms with Gasteiger partial charge in [0.25, 0.3) is 5.56 Å². The number of methoxy groups -OCH3 is 1. The average Bonchev–Trinajstić information content (AvgIpc) is 3.04. The van der Waals surface area contributed by atoms with Gasteiger partial charge in [-0.3, -0.25) is 4.79 Å². The van der Waals surface area contributed by atoms with Crippen LogP contribution in [-0.2, 0) is 4.74 Å². The molecule has 0 N–H and O–H groups in total. The number of hydrogen-bond donors (Lipinski definition) is 0. The van der Waals surface area contributed by atoms with Crippen molar-refractivity contribution in [1.29, 1.82) is 0 Å². The van der Waals surface area contributed by atoms with Crippen LogP contribution in [0, 0.1) is 6.92 Å². The van der Waals surface area contributed by atoms with Crippen molar-refractivity contribution in [2.24, 2.45) is 0 Å². The molecule has 0 aliphatic carbocycles. The van der Waals surface area contributed by atoms with Crippen LogP contribution in [0.1, 0.15) is 15.9 Å². The van der Waals surface area contributed by atoms with Crippen LogP contribution >= 0.6 is 0 Å². The Morgan fingerprint density at radius 1 is 0.963 bits per heavy atom. The molecule has 0 fully saturated rings. The molecule has 27 heavy (non-hydrogen) atoms. The second-order valence-corrected chi connectivity index (χ2v) is 6.22. The zero-order valence-electron chi connectivity index (χ0n) is 14.9. The standard InChI is InChI=1S/C21H17N3O3/c1-14-8-10-15(11-9-14)23-12-17-19(18(13-23)21(26)27-2)22-24(20(17)25)16-6-4-3-5-7-16/h3-13H,1-2H3. The lowest BCUT2D eigenvalue weighted by atomic mass is 10.1. The molecule has 0 atom stereocenters. The number of pyridine rings is 1. The SMILES string of the molecule is COC(=O)c1cn(-c2ccc(C)cc2)cc2c(=O)n(-c3ccccc3)nc1-2. The Hall–Kier alpha value is -3.67. The molecule has 0 radical (unpaired) electrons. The van der Waals surface area contributed by atoms with E-state index in [9.17, 15) is 9.59 Å². The van der Waals surface area contributed by atoms with Crippen LogP contribution in [0.5, 0.6) is 0 Å². The highest BCUT2D eigenvalue weighted by atomic mass is 16.5. The van der Waals surface area contributed by atoms with Crippen molar-refractivity contribution < 1.29 is 9.53 Å². The molecular weight excluding hydrogens is 342 g/mol. The van der Waals surface area contributed by atoms with Gasteiger partial charge in [-0.1, -0.05) is 35.9 Å². The van der Waals surface area contributed by atoms with Crippen LogP contribution in [0.2, 0.25) is 0 Å². The van der Waals surface area contributed by atoms with Crippen LogP contribution in [-0.4, -0.2) is 27.4 Å². The van der Waals surface area contributed by atoms with Gasteiger partial charge in [-0.2, -0.15) is 9.78 Å². The maximum Gasteiger partial charge on any atom is 0.341 e. The number of aromatic nitrogens is 3. The molecule has 2 aromatic carbocycles. The van der Waals surface area contributed by atoms with Gasteiger partial charge in [0, 0.05) is 18.1 Å². The number of aryl methyl sites for hydroxylation is 1. The Labute approximate surface area is 155 Å². The van der Waals surface area contributed by atoms with Crippen LogP contribution in [0.3, 0.4) is 0 Å². The Morgan fingerprint density at radius 3 is 2.33 bits per heavy atom. The number of rotatable bonds is 3. The maximum atomic E-state index is 13.0. The number of fused-ring (bicyclic) bond motifs is 1. The van der Waals surface area contributed by atoms with Crippen LogP contribution in [0.15, 0.2) is 71.8 Å². The highest BCUT2D eigenvalue weighted by molar-refractivity contribution is 5.96. The van der Waals surface area contributed by atoms with Crippen molar-refractivity contribution in [3.8, 4) is 22.6 Å². The quantitative estimate of drug-likeness (QED) is 0.527. The van der Waals surface area contributed by atoms with E-state index < -0.39 is 5.97 Å². The third kappa shape index (κ3) is 2.91. The van der Waals surface area contributed by atoms with Gasteiger partial charge >= 0.3 is 5.97 Å². The van der Waals surface area contributed by atoms with E-state index in [0.717, 1.165) is 11.3 Å². The van der Waals surface area contributed by atoms with Crippen molar-refractivity contribution in [3.63, 3.8) is 0 Å².